The SMILES string of the molecule is COc1cccc(CC(NN)c2ccnc(C)n2)c1F. The van der Waals surface area contributed by atoms with Crippen LogP contribution in [0.5, 0.6) is 5.75 Å². The van der Waals surface area contributed by atoms with E-state index in [0.29, 0.717) is 17.8 Å². The van der Waals surface area contributed by atoms with Crippen LogP contribution >= 0.6 is 0 Å². The Balaban J connectivity index is 2.27. The topological polar surface area (TPSA) is 73.1 Å². The van der Waals surface area contributed by atoms with Crippen LogP contribution in [0.3, 0.4) is 0 Å². The molecule has 6 heteroatoms. The van der Waals surface area contributed by atoms with E-state index < -0.39 is 0 Å². The number of ether oxygens (including phenoxy) is 1. The maximum Gasteiger partial charge on any atom is 0.168 e. The van der Waals surface area contributed by atoms with Crippen LogP contribution in [0, 0.1) is 12.7 Å². The minimum Gasteiger partial charge on any atom is -0.494 e. The summed E-state index contributed by atoms with van der Waals surface area (Å²) in [5.74, 6) is 6.05. The first-order chi connectivity index (χ1) is 9.65. The fourth-order valence-electron chi connectivity index (χ4n) is 2.01. The standard InChI is InChI=1S/C14H17FN4O/c1-9-17-7-6-11(18-9)12(19-16)8-10-4-3-5-13(20-2)14(10)15/h3-7,12,19H,8,16H2,1-2H3. The van der Waals surface area contributed by atoms with Gasteiger partial charge in [0.2, 0.25) is 0 Å². The molecule has 3 N–H and O–H groups in total. The van der Waals surface area contributed by atoms with E-state index in [-0.39, 0.29) is 17.6 Å². The maximum atomic E-state index is 14.1. The van der Waals surface area contributed by atoms with Crippen molar-refractivity contribution in [2.24, 2.45) is 5.84 Å². The molecule has 0 spiro atoms. The quantitative estimate of drug-likeness (QED) is 0.642. The molecule has 2 rings (SSSR count). The zero-order valence-electron chi connectivity index (χ0n) is 11.4. The van der Waals surface area contributed by atoms with Crippen molar-refractivity contribution in [3.05, 3.63) is 53.4 Å². The zero-order chi connectivity index (χ0) is 14.5. The van der Waals surface area contributed by atoms with Crippen molar-refractivity contribution in [2.75, 3.05) is 7.11 Å². The second-order valence-electron chi connectivity index (χ2n) is 4.39. The molecule has 20 heavy (non-hydrogen) atoms. The number of hydrazine groups is 1. The Morgan fingerprint density at radius 2 is 2.20 bits per heavy atom. The molecule has 106 valence electrons. The molecular formula is C14H17FN4O. The largest absolute Gasteiger partial charge is 0.494 e. The number of hydrogen-bond acceptors (Lipinski definition) is 5. The van der Waals surface area contributed by atoms with Gasteiger partial charge in [0, 0.05) is 6.20 Å². The van der Waals surface area contributed by atoms with Crippen molar-refractivity contribution in [1.82, 2.24) is 15.4 Å². The van der Waals surface area contributed by atoms with Gasteiger partial charge < -0.3 is 4.74 Å². The van der Waals surface area contributed by atoms with Gasteiger partial charge in [-0.2, -0.15) is 0 Å². The van der Waals surface area contributed by atoms with Crippen molar-refractivity contribution < 1.29 is 9.13 Å². The van der Waals surface area contributed by atoms with Crippen molar-refractivity contribution in [1.29, 1.82) is 0 Å². The van der Waals surface area contributed by atoms with Gasteiger partial charge in [-0.25, -0.2) is 14.4 Å². The number of nitrogens with one attached hydrogen (secondary N) is 1. The van der Waals surface area contributed by atoms with Gasteiger partial charge in [-0.3, -0.25) is 11.3 Å². The monoisotopic (exact) mass is 276 g/mol. The third kappa shape index (κ3) is 3.09. The highest BCUT2D eigenvalue weighted by Gasteiger charge is 2.16. The molecule has 0 saturated carbocycles. The average Bonchev–Trinajstić information content (AvgIpc) is 2.46. The number of nitrogens with two attached hydrogens (primary N) is 1. The maximum absolute atomic E-state index is 14.1. The van der Waals surface area contributed by atoms with Crippen LogP contribution in [0.4, 0.5) is 4.39 Å². The molecule has 0 bridgehead atoms. The van der Waals surface area contributed by atoms with Crippen molar-refractivity contribution >= 4 is 0 Å². The van der Waals surface area contributed by atoms with Crippen LogP contribution in [0.25, 0.3) is 0 Å². The molecule has 1 unspecified atom stereocenters. The predicted octanol–water partition coefficient (Wildman–Crippen LogP) is 1.68. The van der Waals surface area contributed by atoms with Gasteiger partial charge in [-0.15, -0.1) is 0 Å². The Kier molecular flexibility index (Phi) is 4.60. The molecule has 1 heterocycles. The lowest BCUT2D eigenvalue weighted by Crippen LogP contribution is -2.30. The van der Waals surface area contributed by atoms with Crippen LogP contribution < -0.4 is 16.0 Å². The van der Waals surface area contributed by atoms with E-state index in [4.69, 9.17) is 10.6 Å². The van der Waals surface area contributed by atoms with Gasteiger partial charge in [0.25, 0.3) is 0 Å². The second kappa shape index (κ2) is 6.40. The van der Waals surface area contributed by atoms with E-state index in [1.807, 2.05) is 0 Å². The molecule has 5 nitrogen and oxygen atoms in total. The van der Waals surface area contributed by atoms with Gasteiger partial charge in [0.1, 0.15) is 5.82 Å². The van der Waals surface area contributed by atoms with E-state index in [9.17, 15) is 4.39 Å². The third-order valence-corrected chi connectivity index (χ3v) is 3.04. The predicted molar refractivity (Wildman–Crippen MR) is 73.5 cm³/mol. The Labute approximate surface area is 117 Å². The number of hydrogen-bond donors (Lipinski definition) is 2. The summed E-state index contributed by atoms with van der Waals surface area (Å²) in [6.07, 6.45) is 2.03. The van der Waals surface area contributed by atoms with Gasteiger partial charge in [-0.05, 0) is 31.0 Å². The fourth-order valence-corrected chi connectivity index (χ4v) is 2.01. The molecule has 1 atom stereocenters. The van der Waals surface area contributed by atoms with E-state index >= 15 is 0 Å². The van der Waals surface area contributed by atoms with Gasteiger partial charge >= 0.3 is 0 Å². The number of nitrogens with zero attached hydrogens (tertiary/aromatic N) is 2. The van der Waals surface area contributed by atoms with Crippen LogP contribution in [0.2, 0.25) is 0 Å². The highest BCUT2D eigenvalue weighted by molar-refractivity contribution is 5.32. The van der Waals surface area contributed by atoms with Crippen LogP contribution in [-0.4, -0.2) is 17.1 Å². The first-order valence-corrected chi connectivity index (χ1v) is 6.22. The van der Waals surface area contributed by atoms with Crippen molar-refractivity contribution in [3.8, 4) is 5.75 Å². The number of methoxy groups -OCH3 is 1. The minimum atomic E-state index is -0.374. The molecule has 1 aromatic heterocycles. The molecule has 0 fully saturated rings. The summed E-state index contributed by atoms with van der Waals surface area (Å²) < 4.78 is 19.1. The Hall–Kier alpha value is -2.05. The van der Waals surface area contributed by atoms with E-state index in [1.54, 1.807) is 37.4 Å². The fraction of sp³-hybridized carbons (Fsp3) is 0.286. The van der Waals surface area contributed by atoms with E-state index in [0.717, 1.165) is 5.69 Å². The molecule has 0 radical (unpaired) electrons. The molecule has 0 aliphatic rings. The number of rotatable bonds is 5. The highest BCUT2D eigenvalue weighted by atomic mass is 19.1. The van der Waals surface area contributed by atoms with Crippen LogP contribution in [0.1, 0.15) is 23.1 Å². The summed E-state index contributed by atoms with van der Waals surface area (Å²) >= 11 is 0. The summed E-state index contributed by atoms with van der Waals surface area (Å²) in [6, 6.07) is 6.50. The number of benzene rings is 1. The molecule has 1 aromatic carbocycles. The number of aromatic nitrogens is 2. The number of halogens is 1. The minimum absolute atomic E-state index is 0.220. The lowest BCUT2D eigenvalue weighted by Gasteiger charge is -2.16. The smallest absolute Gasteiger partial charge is 0.168 e. The summed E-state index contributed by atoms with van der Waals surface area (Å²) in [5, 5.41) is 0. The van der Waals surface area contributed by atoms with Crippen LogP contribution in [-0.2, 0) is 6.42 Å². The van der Waals surface area contributed by atoms with Gasteiger partial charge in [-0.1, -0.05) is 12.1 Å². The number of aryl methyl sites for hydroxylation is 1. The first kappa shape index (κ1) is 14.4. The Morgan fingerprint density at radius 1 is 1.40 bits per heavy atom. The lowest BCUT2D eigenvalue weighted by molar-refractivity contribution is 0.382. The Bertz CT molecular complexity index is 591. The molecule has 0 saturated heterocycles. The highest BCUT2D eigenvalue weighted by Crippen LogP contribution is 2.24. The molecule has 0 amide bonds. The summed E-state index contributed by atoms with van der Waals surface area (Å²) in [4.78, 5) is 8.34. The summed E-state index contributed by atoms with van der Waals surface area (Å²) in [6.45, 7) is 1.79. The van der Waals surface area contributed by atoms with Crippen molar-refractivity contribution in [3.63, 3.8) is 0 Å². The Morgan fingerprint density at radius 3 is 2.85 bits per heavy atom. The van der Waals surface area contributed by atoms with Gasteiger partial charge in [0.15, 0.2) is 11.6 Å². The summed E-state index contributed by atoms with van der Waals surface area (Å²) in [5.41, 5.74) is 3.90. The molecule has 2 aromatic rings. The molecular weight excluding hydrogens is 259 g/mol. The second-order valence-corrected chi connectivity index (χ2v) is 4.39. The van der Waals surface area contributed by atoms with Crippen molar-refractivity contribution in [2.45, 2.75) is 19.4 Å². The zero-order valence-corrected chi connectivity index (χ0v) is 11.4. The van der Waals surface area contributed by atoms with Crippen LogP contribution in [0.15, 0.2) is 30.5 Å². The third-order valence-electron chi connectivity index (χ3n) is 3.04. The normalized spacial score (nSPS) is 12.2. The van der Waals surface area contributed by atoms with Gasteiger partial charge in [0.05, 0.1) is 18.8 Å². The van der Waals surface area contributed by atoms with E-state index in [1.165, 1.54) is 7.11 Å². The molecule has 0 aliphatic carbocycles. The lowest BCUT2D eigenvalue weighted by atomic mass is 10.0. The van der Waals surface area contributed by atoms with E-state index in [2.05, 4.69) is 15.4 Å². The average molecular weight is 276 g/mol. The first-order valence-electron chi connectivity index (χ1n) is 6.22. The molecule has 0 aliphatic heterocycles. The summed E-state index contributed by atoms with van der Waals surface area (Å²) in [7, 11) is 1.44.